The Morgan fingerprint density at radius 2 is 2.21 bits per heavy atom. The van der Waals surface area contributed by atoms with Gasteiger partial charge in [0.05, 0.1) is 18.6 Å². The molecule has 1 amide bonds. The number of sulfonamides is 1. The predicted octanol–water partition coefficient (Wildman–Crippen LogP) is 0.231. The first-order valence-corrected chi connectivity index (χ1v) is 6.76. The van der Waals surface area contributed by atoms with Crippen molar-refractivity contribution in [1.29, 1.82) is 0 Å². The normalized spacial score (nSPS) is 10.8. The van der Waals surface area contributed by atoms with Crippen LogP contribution in [0.5, 0.6) is 0 Å². The van der Waals surface area contributed by atoms with Gasteiger partial charge in [-0.25, -0.2) is 13.5 Å². The van der Waals surface area contributed by atoms with E-state index in [1.54, 1.807) is 0 Å². The molecule has 19 heavy (non-hydrogen) atoms. The molecule has 0 saturated carbocycles. The van der Waals surface area contributed by atoms with Crippen LogP contribution < -0.4 is 4.72 Å². The maximum absolute atomic E-state index is 11.8. The van der Waals surface area contributed by atoms with E-state index in [9.17, 15) is 13.2 Å². The molecule has 0 aliphatic heterocycles. The lowest BCUT2D eigenvalue weighted by Gasteiger charge is -2.14. The second kappa shape index (κ2) is 6.33. The largest absolute Gasteiger partial charge is 0.277 e. The number of terminal acetylenes is 1. The zero-order valence-electron chi connectivity index (χ0n) is 10.6. The van der Waals surface area contributed by atoms with Gasteiger partial charge in [-0.3, -0.25) is 9.63 Å². The molecule has 0 heterocycles. The average molecular weight is 282 g/mol. The Balaban J connectivity index is 3.08. The average Bonchev–Trinajstić information content (AvgIpc) is 2.43. The number of nitrogens with zero attached hydrogens (tertiary/aromatic N) is 1. The molecular formula is C12H14N2O4S. The van der Waals surface area contributed by atoms with Crippen molar-refractivity contribution in [1.82, 2.24) is 9.79 Å². The van der Waals surface area contributed by atoms with Crippen LogP contribution in [0.1, 0.15) is 10.4 Å². The smallest absolute Gasteiger partial charge is 0.274 e. The van der Waals surface area contributed by atoms with Gasteiger partial charge in [0.15, 0.2) is 0 Å². The molecule has 1 aromatic rings. The molecule has 7 heteroatoms. The summed E-state index contributed by atoms with van der Waals surface area (Å²) in [4.78, 5) is 16.5. The minimum atomic E-state index is -3.71. The SMILES string of the molecule is C#CCNS(=O)(=O)c1cccc(C(=O)N(C)OC)c1. The van der Waals surface area contributed by atoms with Crippen molar-refractivity contribution >= 4 is 15.9 Å². The molecule has 0 fully saturated rings. The highest BCUT2D eigenvalue weighted by molar-refractivity contribution is 7.89. The van der Waals surface area contributed by atoms with Gasteiger partial charge in [0.25, 0.3) is 5.91 Å². The fraction of sp³-hybridized carbons (Fsp3) is 0.250. The number of hydrogen-bond acceptors (Lipinski definition) is 4. The van der Waals surface area contributed by atoms with Gasteiger partial charge < -0.3 is 0 Å². The Labute approximate surface area is 112 Å². The second-order valence-corrected chi connectivity index (χ2v) is 5.31. The third-order valence-electron chi connectivity index (χ3n) is 2.32. The quantitative estimate of drug-likeness (QED) is 0.619. The number of rotatable bonds is 5. The zero-order chi connectivity index (χ0) is 14.5. The zero-order valence-corrected chi connectivity index (χ0v) is 11.4. The first kappa shape index (κ1) is 15.2. The minimum absolute atomic E-state index is 0.0295. The van der Waals surface area contributed by atoms with Gasteiger partial charge in [0, 0.05) is 12.6 Å². The summed E-state index contributed by atoms with van der Waals surface area (Å²) >= 11 is 0. The van der Waals surface area contributed by atoms with Crippen LogP contribution in [-0.4, -0.2) is 40.1 Å². The number of amides is 1. The Hall–Kier alpha value is -1.88. The van der Waals surface area contributed by atoms with E-state index >= 15 is 0 Å². The molecule has 0 aromatic heterocycles. The Morgan fingerprint density at radius 3 is 2.79 bits per heavy atom. The van der Waals surface area contributed by atoms with Crippen molar-refractivity contribution in [2.45, 2.75) is 4.90 Å². The molecule has 0 saturated heterocycles. The molecule has 0 aliphatic rings. The number of nitrogens with one attached hydrogen (secondary N) is 1. The molecule has 1 N–H and O–H groups in total. The van der Waals surface area contributed by atoms with Crippen molar-refractivity contribution in [3.63, 3.8) is 0 Å². The molecule has 6 nitrogen and oxygen atoms in total. The van der Waals surface area contributed by atoms with Crippen molar-refractivity contribution < 1.29 is 18.0 Å². The van der Waals surface area contributed by atoms with E-state index in [4.69, 9.17) is 11.3 Å². The summed E-state index contributed by atoms with van der Waals surface area (Å²) in [6.45, 7) is -0.113. The fourth-order valence-corrected chi connectivity index (χ4v) is 2.26. The predicted molar refractivity (Wildman–Crippen MR) is 69.6 cm³/mol. The highest BCUT2D eigenvalue weighted by Gasteiger charge is 2.17. The van der Waals surface area contributed by atoms with Crippen LogP contribution in [0, 0.1) is 12.3 Å². The van der Waals surface area contributed by atoms with Gasteiger partial charge >= 0.3 is 0 Å². The molecule has 0 aliphatic carbocycles. The Kier molecular flexibility index (Phi) is 5.06. The monoisotopic (exact) mass is 282 g/mol. The van der Waals surface area contributed by atoms with E-state index in [2.05, 4.69) is 10.6 Å². The Bertz CT molecular complexity index is 604. The van der Waals surface area contributed by atoms with Crippen molar-refractivity contribution in [2.75, 3.05) is 20.7 Å². The lowest BCUT2D eigenvalue weighted by molar-refractivity contribution is -0.0757. The summed E-state index contributed by atoms with van der Waals surface area (Å²) in [5, 5.41) is 1.00. The molecule has 1 rings (SSSR count). The topological polar surface area (TPSA) is 75.7 Å². The minimum Gasteiger partial charge on any atom is -0.274 e. The van der Waals surface area contributed by atoms with Gasteiger partial charge in [-0.15, -0.1) is 6.42 Å². The van der Waals surface area contributed by atoms with Gasteiger partial charge in [0.1, 0.15) is 0 Å². The second-order valence-electron chi connectivity index (χ2n) is 3.54. The molecule has 0 radical (unpaired) electrons. The Morgan fingerprint density at radius 1 is 1.53 bits per heavy atom. The van der Waals surface area contributed by atoms with Crippen LogP contribution in [0.3, 0.4) is 0 Å². The lowest BCUT2D eigenvalue weighted by atomic mass is 10.2. The van der Waals surface area contributed by atoms with E-state index in [1.165, 1.54) is 38.4 Å². The summed E-state index contributed by atoms with van der Waals surface area (Å²) in [7, 11) is -0.944. The fourth-order valence-electron chi connectivity index (χ4n) is 1.28. The standard InChI is InChI=1S/C12H14N2O4S/c1-4-8-13-19(16,17)11-7-5-6-10(9-11)12(15)14(2)18-3/h1,5-7,9,13H,8H2,2-3H3. The van der Waals surface area contributed by atoms with Gasteiger partial charge in [0.2, 0.25) is 10.0 Å². The maximum atomic E-state index is 11.8. The van der Waals surface area contributed by atoms with E-state index < -0.39 is 15.9 Å². The molecule has 0 unspecified atom stereocenters. The van der Waals surface area contributed by atoms with Crippen LogP contribution in [0.4, 0.5) is 0 Å². The molecule has 102 valence electrons. The molecule has 0 atom stereocenters. The highest BCUT2D eigenvalue weighted by atomic mass is 32.2. The van der Waals surface area contributed by atoms with Gasteiger partial charge in [-0.2, -0.15) is 4.72 Å². The summed E-state index contributed by atoms with van der Waals surface area (Å²) in [6, 6.07) is 5.61. The van der Waals surface area contributed by atoms with Crippen LogP contribution in [0.15, 0.2) is 29.2 Å². The third-order valence-corrected chi connectivity index (χ3v) is 3.71. The van der Waals surface area contributed by atoms with Crippen molar-refractivity contribution in [3.8, 4) is 12.3 Å². The number of benzene rings is 1. The first-order chi connectivity index (χ1) is 8.92. The van der Waals surface area contributed by atoms with Crippen LogP contribution in [0.25, 0.3) is 0 Å². The number of carbonyl (C=O) groups is 1. The van der Waals surface area contributed by atoms with Crippen molar-refractivity contribution in [3.05, 3.63) is 29.8 Å². The number of hydrogen-bond donors (Lipinski definition) is 1. The van der Waals surface area contributed by atoms with Gasteiger partial charge in [-0.05, 0) is 18.2 Å². The highest BCUT2D eigenvalue weighted by Crippen LogP contribution is 2.12. The van der Waals surface area contributed by atoms with E-state index in [0.717, 1.165) is 5.06 Å². The maximum Gasteiger partial charge on any atom is 0.277 e. The lowest BCUT2D eigenvalue weighted by Crippen LogP contribution is -2.27. The number of hydroxylamine groups is 2. The number of carbonyl (C=O) groups excluding carboxylic acids is 1. The van der Waals surface area contributed by atoms with E-state index in [-0.39, 0.29) is 17.0 Å². The molecular weight excluding hydrogens is 268 g/mol. The van der Waals surface area contributed by atoms with Gasteiger partial charge in [-0.1, -0.05) is 12.0 Å². The summed E-state index contributed by atoms with van der Waals surface area (Å²) in [5.74, 6) is 1.73. The summed E-state index contributed by atoms with van der Waals surface area (Å²) in [6.07, 6.45) is 5.00. The van der Waals surface area contributed by atoms with Crippen molar-refractivity contribution in [2.24, 2.45) is 0 Å². The van der Waals surface area contributed by atoms with E-state index in [1.807, 2.05) is 0 Å². The molecule has 1 aromatic carbocycles. The van der Waals surface area contributed by atoms with Crippen LogP contribution in [-0.2, 0) is 14.9 Å². The van der Waals surface area contributed by atoms with Crippen LogP contribution in [0.2, 0.25) is 0 Å². The first-order valence-electron chi connectivity index (χ1n) is 5.27. The summed E-state index contributed by atoms with van der Waals surface area (Å²) < 4.78 is 25.9. The summed E-state index contributed by atoms with van der Waals surface area (Å²) in [5.41, 5.74) is 0.202. The molecule has 0 bridgehead atoms. The molecule has 0 spiro atoms. The van der Waals surface area contributed by atoms with Crippen LogP contribution >= 0.6 is 0 Å². The van der Waals surface area contributed by atoms with E-state index in [0.29, 0.717) is 0 Å². The third kappa shape index (κ3) is 3.79.